The summed E-state index contributed by atoms with van der Waals surface area (Å²) in [6, 6.07) is 6.56. The number of aryl methyl sites for hydroxylation is 1. The molecule has 1 aromatic carbocycles. The van der Waals surface area contributed by atoms with Gasteiger partial charge in [-0.1, -0.05) is 28.0 Å². The van der Waals surface area contributed by atoms with E-state index in [9.17, 15) is 9.18 Å². The molecule has 0 spiro atoms. The van der Waals surface area contributed by atoms with Crippen molar-refractivity contribution in [1.29, 1.82) is 0 Å². The number of hydrogen-bond acceptors (Lipinski definition) is 7. The summed E-state index contributed by atoms with van der Waals surface area (Å²) in [5.41, 5.74) is 1.13. The van der Waals surface area contributed by atoms with Crippen LogP contribution in [0.2, 0.25) is 0 Å². The molecule has 0 N–H and O–H groups in total. The molecular formula is C17H16FN5OS2. The van der Waals surface area contributed by atoms with Crippen molar-refractivity contribution in [3.63, 3.8) is 0 Å². The summed E-state index contributed by atoms with van der Waals surface area (Å²) in [5.74, 6) is -0.211. The maximum absolute atomic E-state index is 14.0. The second kappa shape index (κ2) is 7.16. The van der Waals surface area contributed by atoms with Crippen molar-refractivity contribution >= 4 is 28.8 Å². The molecule has 1 aliphatic heterocycles. The van der Waals surface area contributed by atoms with Crippen molar-refractivity contribution in [1.82, 2.24) is 24.7 Å². The Morgan fingerprint density at radius 2 is 2.12 bits per heavy atom. The predicted octanol–water partition coefficient (Wildman–Crippen LogP) is 3.52. The van der Waals surface area contributed by atoms with Gasteiger partial charge in [0, 0.05) is 24.6 Å². The minimum absolute atomic E-state index is 0.0268. The fourth-order valence-corrected chi connectivity index (χ4v) is 4.70. The van der Waals surface area contributed by atoms with Crippen LogP contribution in [0.4, 0.5) is 4.39 Å². The Hall–Kier alpha value is -2.26. The van der Waals surface area contributed by atoms with Crippen LogP contribution in [0, 0.1) is 12.7 Å². The van der Waals surface area contributed by atoms with Gasteiger partial charge >= 0.3 is 0 Å². The molecule has 6 nitrogen and oxygen atoms in total. The third-order valence-corrected chi connectivity index (χ3v) is 6.38. The van der Waals surface area contributed by atoms with E-state index in [2.05, 4.69) is 19.8 Å². The van der Waals surface area contributed by atoms with Gasteiger partial charge in [-0.2, -0.15) is 0 Å². The van der Waals surface area contributed by atoms with Crippen LogP contribution in [0.25, 0.3) is 10.6 Å². The van der Waals surface area contributed by atoms with Crippen LogP contribution in [0.3, 0.4) is 0 Å². The number of aromatic nitrogens is 4. The van der Waals surface area contributed by atoms with Gasteiger partial charge in [0.1, 0.15) is 15.7 Å². The largest absolute Gasteiger partial charge is 0.337 e. The Labute approximate surface area is 157 Å². The maximum atomic E-state index is 14.0. The molecule has 0 aliphatic carbocycles. The Balaban J connectivity index is 1.53. The Kier molecular flexibility index (Phi) is 4.73. The number of halogens is 1. The summed E-state index contributed by atoms with van der Waals surface area (Å²) in [4.78, 5) is 15.1. The van der Waals surface area contributed by atoms with Crippen LogP contribution in [0.5, 0.6) is 0 Å². The SMILES string of the molecule is Cc1nnsc1C(=O)N1CCCC(c2nnc(-c3ccccc3F)s2)C1. The van der Waals surface area contributed by atoms with E-state index >= 15 is 0 Å². The van der Waals surface area contributed by atoms with E-state index in [1.54, 1.807) is 25.1 Å². The molecule has 2 aromatic heterocycles. The van der Waals surface area contributed by atoms with Crippen molar-refractivity contribution < 1.29 is 9.18 Å². The molecule has 1 atom stereocenters. The van der Waals surface area contributed by atoms with E-state index in [0.29, 0.717) is 34.2 Å². The molecule has 1 amide bonds. The summed E-state index contributed by atoms with van der Waals surface area (Å²) in [7, 11) is 0. The lowest BCUT2D eigenvalue weighted by molar-refractivity contribution is 0.0711. The smallest absolute Gasteiger partial charge is 0.267 e. The lowest BCUT2D eigenvalue weighted by atomic mass is 9.98. The Morgan fingerprint density at radius 3 is 2.88 bits per heavy atom. The van der Waals surface area contributed by atoms with Gasteiger partial charge < -0.3 is 4.90 Å². The summed E-state index contributed by atoms with van der Waals surface area (Å²) in [5, 5.41) is 13.8. The average Bonchev–Trinajstić information content (AvgIpc) is 3.31. The van der Waals surface area contributed by atoms with Gasteiger partial charge in [0.15, 0.2) is 5.01 Å². The number of likely N-dealkylation sites (tertiary alicyclic amines) is 1. The van der Waals surface area contributed by atoms with Crippen LogP contribution >= 0.6 is 22.9 Å². The van der Waals surface area contributed by atoms with E-state index in [4.69, 9.17) is 0 Å². The van der Waals surface area contributed by atoms with Crippen molar-refractivity contribution in [2.45, 2.75) is 25.7 Å². The highest BCUT2D eigenvalue weighted by molar-refractivity contribution is 7.14. The number of carbonyl (C=O) groups is 1. The van der Waals surface area contributed by atoms with Crippen LogP contribution in [0.15, 0.2) is 24.3 Å². The molecule has 26 heavy (non-hydrogen) atoms. The van der Waals surface area contributed by atoms with Gasteiger partial charge in [0.25, 0.3) is 5.91 Å². The van der Waals surface area contributed by atoms with Gasteiger partial charge in [0.05, 0.1) is 5.69 Å². The second-order valence-corrected chi connectivity index (χ2v) is 7.97. The zero-order valence-corrected chi connectivity index (χ0v) is 15.7. The Bertz CT molecular complexity index is 941. The third kappa shape index (κ3) is 3.24. The van der Waals surface area contributed by atoms with Crippen molar-refractivity contribution in [3.05, 3.63) is 45.7 Å². The number of carbonyl (C=O) groups excluding carboxylic acids is 1. The first-order valence-electron chi connectivity index (χ1n) is 8.30. The number of nitrogens with zero attached hydrogens (tertiary/aromatic N) is 5. The predicted molar refractivity (Wildman–Crippen MR) is 97.8 cm³/mol. The average molecular weight is 389 g/mol. The van der Waals surface area contributed by atoms with Gasteiger partial charge in [-0.05, 0) is 43.4 Å². The zero-order valence-electron chi connectivity index (χ0n) is 14.1. The highest BCUT2D eigenvalue weighted by atomic mass is 32.1. The minimum atomic E-state index is -0.302. The first kappa shape index (κ1) is 17.2. The normalized spacial score (nSPS) is 17.5. The number of hydrogen-bond donors (Lipinski definition) is 0. The van der Waals surface area contributed by atoms with E-state index in [0.717, 1.165) is 29.4 Å². The molecule has 1 fully saturated rings. The van der Waals surface area contributed by atoms with E-state index < -0.39 is 0 Å². The van der Waals surface area contributed by atoms with Crippen molar-refractivity contribution in [2.24, 2.45) is 0 Å². The molecule has 134 valence electrons. The van der Waals surface area contributed by atoms with Gasteiger partial charge in [-0.25, -0.2) is 4.39 Å². The fraction of sp³-hybridized carbons (Fsp3) is 0.353. The zero-order chi connectivity index (χ0) is 18.1. The van der Waals surface area contributed by atoms with Crippen molar-refractivity contribution in [2.75, 3.05) is 13.1 Å². The van der Waals surface area contributed by atoms with Crippen LogP contribution in [-0.4, -0.2) is 43.7 Å². The first-order chi connectivity index (χ1) is 12.6. The Morgan fingerprint density at radius 1 is 1.27 bits per heavy atom. The highest BCUT2D eigenvalue weighted by Gasteiger charge is 2.29. The third-order valence-electron chi connectivity index (χ3n) is 4.45. The number of piperidine rings is 1. The molecule has 1 aliphatic rings. The van der Waals surface area contributed by atoms with Crippen LogP contribution < -0.4 is 0 Å². The molecule has 3 aromatic rings. The fourth-order valence-electron chi connectivity index (χ4n) is 3.08. The molecule has 1 saturated heterocycles. The lowest BCUT2D eigenvalue weighted by Gasteiger charge is -2.31. The molecular weight excluding hydrogens is 373 g/mol. The topological polar surface area (TPSA) is 71.9 Å². The lowest BCUT2D eigenvalue weighted by Crippen LogP contribution is -2.39. The van der Waals surface area contributed by atoms with Gasteiger partial charge in [-0.15, -0.1) is 15.3 Å². The number of rotatable bonds is 3. The van der Waals surface area contributed by atoms with Crippen molar-refractivity contribution in [3.8, 4) is 10.6 Å². The molecule has 0 bridgehead atoms. The van der Waals surface area contributed by atoms with Gasteiger partial charge in [-0.3, -0.25) is 4.79 Å². The maximum Gasteiger partial charge on any atom is 0.267 e. The summed E-state index contributed by atoms with van der Waals surface area (Å²) in [6.45, 7) is 3.09. The molecule has 3 heterocycles. The molecule has 0 saturated carbocycles. The first-order valence-corrected chi connectivity index (χ1v) is 9.89. The monoisotopic (exact) mass is 389 g/mol. The highest BCUT2D eigenvalue weighted by Crippen LogP contribution is 2.34. The summed E-state index contributed by atoms with van der Waals surface area (Å²) in [6.07, 6.45) is 1.84. The second-order valence-electron chi connectivity index (χ2n) is 6.20. The molecule has 4 rings (SSSR count). The molecule has 0 radical (unpaired) electrons. The minimum Gasteiger partial charge on any atom is -0.337 e. The van der Waals surface area contributed by atoms with E-state index in [1.807, 2.05) is 4.90 Å². The van der Waals surface area contributed by atoms with E-state index in [-0.39, 0.29) is 17.6 Å². The van der Waals surface area contributed by atoms with Crippen LogP contribution in [-0.2, 0) is 0 Å². The number of amides is 1. The standard InChI is InChI=1S/C17H16FN5OS2/c1-10-14(26-22-19-10)17(24)23-8-4-5-11(9-23)15-20-21-16(25-15)12-6-2-3-7-13(12)18/h2-3,6-7,11H,4-5,8-9H2,1H3. The summed E-state index contributed by atoms with van der Waals surface area (Å²) >= 11 is 2.53. The summed E-state index contributed by atoms with van der Waals surface area (Å²) < 4.78 is 17.8. The molecule has 9 heteroatoms. The molecule has 1 unspecified atom stereocenters. The van der Waals surface area contributed by atoms with Crippen LogP contribution in [0.1, 0.15) is 39.1 Å². The number of benzene rings is 1. The van der Waals surface area contributed by atoms with Gasteiger partial charge in [0.2, 0.25) is 0 Å². The quantitative estimate of drug-likeness (QED) is 0.685. The van der Waals surface area contributed by atoms with E-state index in [1.165, 1.54) is 17.4 Å².